The standard InChI is InChI=1S/C17H15ClFNO3/c18-14-6-4-12(5-7-14)8-9-20-16(21)11-23-17(22)13-2-1-3-15(19)10-13/h1-7,10H,8-9,11H2,(H,20,21). The quantitative estimate of drug-likeness (QED) is 0.826. The molecule has 0 saturated heterocycles. The Kier molecular flexibility index (Phi) is 6.11. The van der Waals surface area contributed by atoms with Crippen LogP contribution >= 0.6 is 11.6 Å². The van der Waals surface area contributed by atoms with Crippen LogP contribution in [0.3, 0.4) is 0 Å². The Hall–Kier alpha value is -2.40. The van der Waals surface area contributed by atoms with Crippen LogP contribution in [0.25, 0.3) is 0 Å². The van der Waals surface area contributed by atoms with E-state index in [1.54, 1.807) is 12.1 Å². The summed E-state index contributed by atoms with van der Waals surface area (Å²) in [5.74, 6) is -1.69. The molecule has 2 aromatic rings. The molecule has 1 N–H and O–H groups in total. The number of carbonyl (C=O) groups is 2. The van der Waals surface area contributed by atoms with E-state index < -0.39 is 24.3 Å². The van der Waals surface area contributed by atoms with E-state index in [1.165, 1.54) is 18.2 Å². The van der Waals surface area contributed by atoms with Gasteiger partial charge in [-0.1, -0.05) is 29.8 Å². The first-order valence-electron chi connectivity index (χ1n) is 6.98. The van der Waals surface area contributed by atoms with Gasteiger partial charge < -0.3 is 10.1 Å². The van der Waals surface area contributed by atoms with Crippen LogP contribution < -0.4 is 5.32 Å². The van der Waals surface area contributed by atoms with Crippen molar-refractivity contribution in [1.82, 2.24) is 5.32 Å². The number of amides is 1. The van der Waals surface area contributed by atoms with Gasteiger partial charge in [-0.05, 0) is 42.3 Å². The van der Waals surface area contributed by atoms with Gasteiger partial charge in [-0.25, -0.2) is 9.18 Å². The summed E-state index contributed by atoms with van der Waals surface area (Å²) in [6, 6.07) is 12.4. The van der Waals surface area contributed by atoms with Crippen molar-refractivity contribution in [1.29, 1.82) is 0 Å². The van der Waals surface area contributed by atoms with Gasteiger partial charge in [0.2, 0.25) is 0 Å². The number of rotatable bonds is 6. The predicted molar refractivity (Wildman–Crippen MR) is 84.8 cm³/mol. The Labute approximate surface area is 138 Å². The highest BCUT2D eigenvalue weighted by Crippen LogP contribution is 2.09. The first-order chi connectivity index (χ1) is 11.0. The van der Waals surface area contributed by atoms with Crippen LogP contribution in [0.2, 0.25) is 5.02 Å². The van der Waals surface area contributed by atoms with E-state index in [1.807, 2.05) is 12.1 Å². The normalized spacial score (nSPS) is 10.2. The molecular formula is C17H15ClFNO3. The minimum absolute atomic E-state index is 0.0685. The summed E-state index contributed by atoms with van der Waals surface area (Å²) in [4.78, 5) is 23.3. The summed E-state index contributed by atoms with van der Waals surface area (Å²) >= 11 is 5.79. The van der Waals surface area contributed by atoms with Gasteiger partial charge in [-0.15, -0.1) is 0 Å². The summed E-state index contributed by atoms with van der Waals surface area (Å²) in [6.45, 7) is 0.00788. The number of esters is 1. The lowest BCUT2D eigenvalue weighted by atomic mass is 10.1. The lowest BCUT2D eigenvalue weighted by Gasteiger charge is -2.07. The fourth-order valence-electron chi connectivity index (χ4n) is 1.88. The van der Waals surface area contributed by atoms with Crippen molar-refractivity contribution in [2.75, 3.05) is 13.2 Å². The molecule has 2 aromatic carbocycles. The third kappa shape index (κ3) is 5.71. The van der Waals surface area contributed by atoms with Crippen LogP contribution in [0.5, 0.6) is 0 Å². The molecule has 0 aliphatic rings. The number of hydrogen-bond acceptors (Lipinski definition) is 3. The molecule has 1 amide bonds. The third-order valence-electron chi connectivity index (χ3n) is 3.04. The van der Waals surface area contributed by atoms with Crippen LogP contribution in [0, 0.1) is 5.82 Å². The molecule has 0 unspecified atom stereocenters. The minimum Gasteiger partial charge on any atom is -0.452 e. The van der Waals surface area contributed by atoms with Crippen molar-refractivity contribution in [3.63, 3.8) is 0 Å². The molecule has 0 aliphatic carbocycles. The summed E-state index contributed by atoms with van der Waals surface area (Å²) in [5, 5.41) is 3.30. The molecule has 2 rings (SSSR count). The number of nitrogens with one attached hydrogen (secondary N) is 1. The van der Waals surface area contributed by atoms with Crippen molar-refractivity contribution in [2.45, 2.75) is 6.42 Å². The Morgan fingerprint density at radius 2 is 1.87 bits per heavy atom. The van der Waals surface area contributed by atoms with Crippen molar-refractivity contribution in [3.05, 3.63) is 70.5 Å². The molecule has 120 valence electrons. The molecule has 0 atom stereocenters. The first-order valence-corrected chi connectivity index (χ1v) is 7.36. The maximum absolute atomic E-state index is 13.0. The topological polar surface area (TPSA) is 55.4 Å². The maximum Gasteiger partial charge on any atom is 0.338 e. The molecule has 0 bridgehead atoms. The summed E-state index contributed by atoms with van der Waals surface area (Å²) in [6.07, 6.45) is 0.640. The van der Waals surface area contributed by atoms with E-state index >= 15 is 0 Å². The highest BCUT2D eigenvalue weighted by atomic mass is 35.5. The van der Waals surface area contributed by atoms with Crippen LogP contribution in [0.1, 0.15) is 15.9 Å². The second-order valence-corrected chi connectivity index (χ2v) is 5.25. The average Bonchev–Trinajstić information content (AvgIpc) is 2.54. The van der Waals surface area contributed by atoms with Crippen molar-refractivity contribution in [2.24, 2.45) is 0 Å². The van der Waals surface area contributed by atoms with Crippen molar-refractivity contribution in [3.8, 4) is 0 Å². The van der Waals surface area contributed by atoms with E-state index in [0.717, 1.165) is 11.6 Å². The van der Waals surface area contributed by atoms with Gasteiger partial charge in [-0.3, -0.25) is 4.79 Å². The number of halogens is 2. The highest BCUT2D eigenvalue weighted by Gasteiger charge is 2.10. The molecule has 0 saturated carbocycles. The molecule has 4 nitrogen and oxygen atoms in total. The molecular weight excluding hydrogens is 321 g/mol. The molecule has 0 heterocycles. The Morgan fingerprint density at radius 3 is 2.57 bits per heavy atom. The van der Waals surface area contributed by atoms with Crippen molar-refractivity contribution >= 4 is 23.5 Å². The maximum atomic E-state index is 13.0. The second kappa shape index (κ2) is 8.29. The van der Waals surface area contributed by atoms with E-state index in [4.69, 9.17) is 16.3 Å². The molecule has 23 heavy (non-hydrogen) atoms. The van der Waals surface area contributed by atoms with Crippen LogP contribution in [-0.4, -0.2) is 25.0 Å². The molecule has 0 radical (unpaired) electrons. The van der Waals surface area contributed by atoms with Crippen LogP contribution in [0.4, 0.5) is 4.39 Å². The number of carbonyl (C=O) groups excluding carboxylic acids is 2. The van der Waals surface area contributed by atoms with E-state index in [2.05, 4.69) is 5.32 Å². The van der Waals surface area contributed by atoms with Gasteiger partial charge in [-0.2, -0.15) is 0 Å². The highest BCUT2D eigenvalue weighted by molar-refractivity contribution is 6.30. The lowest BCUT2D eigenvalue weighted by Crippen LogP contribution is -2.30. The minimum atomic E-state index is -0.739. The number of ether oxygens (including phenoxy) is 1. The molecule has 6 heteroatoms. The summed E-state index contributed by atoms with van der Waals surface area (Å²) in [5.41, 5.74) is 1.10. The summed E-state index contributed by atoms with van der Waals surface area (Å²) < 4.78 is 17.8. The van der Waals surface area contributed by atoms with E-state index in [9.17, 15) is 14.0 Å². The Bertz CT molecular complexity index is 688. The van der Waals surface area contributed by atoms with E-state index in [0.29, 0.717) is 18.0 Å². The number of benzene rings is 2. The SMILES string of the molecule is O=C(COC(=O)c1cccc(F)c1)NCCc1ccc(Cl)cc1. The molecule has 0 aromatic heterocycles. The Morgan fingerprint density at radius 1 is 1.13 bits per heavy atom. The first kappa shape index (κ1) is 17.0. The predicted octanol–water partition coefficient (Wildman–Crippen LogP) is 2.99. The van der Waals surface area contributed by atoms with E-state index in [-0.39, 0.29) is 5.56 Å². The largest absolute Gasteiger partial charge is 0.452 e. The lowest BCUT2D eigenvalue weighted by molar-refractivity contribution is -0.124. The van der Waals surface area contributed by atoms with Crippen LogP contribution in [0.15, 0.2) is 48.5 Å². The fraction of sp³-hybridized carbons (Fsp3) is 0.176. The monoisotopic (exact) mass is 335 g/mol. The van der Waals surface area contributed by atoms with Gasteiger partial charge in [0.05, 0.1) is 5.56 Å². The average molecular weight is 336 g/mol. The molecule has 0 spiro atoms. The van der Waals surface area contributed by atoms with Gasteiger partial charge in [0, 0.05) is 11.6 Å². The number of hydrogen-bond donors (Lipinski definition) is 1. The smallest absolute Gasteiger partial charge is 0.338 e. The van der Waals surface area contributed by atoms with Gasteiger partial charge >= 0.3 is 5.97 Å². The summed E-state index contributed by atoms with van der Waals surface area (Å²) in [7, 11) is 0. The van der Waals surface area contributed by atoms with Gasteiger partial charge in [0.15, 0.2) is 6.61 Å². The van der Waals surface area contributed by atoms with Crippen LogP contribution in [-0.2, 0) is 16.0 Å². The molecule has 0 fully saturated rings. The third-order valence-corrected chi connectivity index (χ3v) is 3.30. The molecule has 0 aliphatic heterocycles. The Balaban J connectivity index is 1.70. The van der Waals surface area contributed by atoms with Gasteiger partial charge in [0.1, 0.15) is 5.82 Å². The fourth-order valence-corrected chi connectivity index (χ4v) is 2.00. The second-order valence-electron chi connectivity index (χ2n) is 4.81. The zero-order chi connectivity index (χ0) is 16.7. The zero-order valence-electron chi connectivity index (χ0n) is 12.2. The van der Waals surface area contributed by atoms with Gasteiger partial charge in [0.25, 0.3) is 5.91 Å². The zero-order valence-corrected chi connectivity index (χ0v) is 13.0. The van der Waals surface area contributed by atoms with Crippen molar-refractivity contribution < 1.29 is 18.7 Å².